The van der Waals surface area contributed by atoms with Gasteiger partial charge in [0, 0.05) is 29.9 Å². The maximum absolute atomic E-state index is 12.6. The lowest BCUT2D eigenvalue weighted by atomic mass is 10.0. The molecule has 2 aromatic rings. The largest absolute Gasteiger partial charge is 0.336 e. The van der Waals surface area contributed by atoms with Gasteiger partial charge in [-0.2, -0.15) is 0 Å². The van der Waals surface area contributed by atoms with Gasteiger partial charge in [-0.25, -0.2) is 0 Å². The van der Waals surface area contributed by atoms with Crippen molar-refractivity contribution in [1.29, 1.82) is 0 Å². The van der Waals surface area contributed by atoms with Gasteiger partial charge in [-0.1, -0.05) is 29.8 Å². The van der Waals surface area contributed by atoms with Crippen molar-refractivity contribution in [3.05, 3.63) is 64.9 Å². The molecule has 1 aromatic carbocycles. The van der Waals surface area contributed by atoms with Crippen LogP contribution < -0.4 is 0 Å². The standard InChI is InChI=1S/C18H19ClN2O/c19-15-6-3-5-14(13-15)17-8-4-12-21(17)18(22)10-9-16-7-1-2-11-20-16/h1-3,5-7,11,13,17H,4,8-10,12H2. The Morgan fingerprint density at radius 2 is 2.18 bits per heavy atom. The van der Waals surface area contributed by atoms with E-state index in [1.54, 1.807) is 6.20 Å². The SMILES string of the molecule is O=C(CCc1ccccn1)N1CCCC1c1cccc(Cl)c1. The normalized spacial score (nSPS) is 17.7. The van der Waals surface area contributed by atoms with E-state index in [0.717, 1.165) is 35.7 Å². The molecule has 1 fully saturated rings. The summed E-state index contributed by atoms with van der Waals surface area (Å²) in [5, 5.41) is 0.727. The maximum Gasteiger partial charge on any atom is 0.223 e. The van der Waals surface area contributed by atoms with Crippen LogP contribution in [0.15, 0.2) is 48.7 Å². The van der Waals surface area contributed by atoms with Crippen LogP contribution in [0.3, 0.4) is 0 Å². The van der Waals surface area contributed by atoms with E-state index in [-0.39, 0.29) is 11.9 Å². The molecule has 0 radical (unpaired) electrons. The molecule has 114 valence electrons. The summed E-state index contributed by atoms with van der Waals surface area (Å²) < 4.78 is 0. The molecule has 1 aliphatic heterocycles. The van der Waals surface area contributed by atoms with Gasteiger partial charge in [0.2, 0.25) is 5.91 Å². The van der Waals surface area contributed by atoms with Gasteiger partial charge in [0.1, 0.15) is 0 Å². The van der Waals surface area contributed by atoms with E-state index in [2.05, 4.69) is 11.1 Å². The summed E-state index contributed by atoms with van der Waals surface area (Å²) >= 11 is 6.08. The molecule has 1 unspecified atom stereocenters. The van der Waals surface area contributed by atoms with E-state index < -0.39 is 0 Å². The van der Waals surface area contributed by atoms with Crippen LogP contribution in [-0.4, -0.2) is 22.3 Å². The van der Waals surface area contributed by atoms with Crippen molar-refractivity contribution in [2.24, 2.45) is 0 Å². The molecule has 0 saturated carbocycles. The third-order valence-corrected chi connectivity index (χ3v) is 4.36. The third kappa shape index (κ3) is 3.47. The van der Waals surface area contributed by atoms with Gasteiger partial charge in [-0.15, -0.1) is 0 Å². The summed E-state index contributed by atoms with van der Waals surface area (Å²) in [4.78, 5) is 18.8. The molecule has 3 rings (SSSR count). The number of nitrogens with zero attached hydrogens (tertiary/aromatic N) is 2. The lowest BCUT2D eigenvalue weighted by Gasteiger charge is -2.25. The van der Waals surface area contributed by atoms with E-state index in [1.165, 1.54) is 0 Å². The van der Waals surface area contributed by atoms with Crippen molar-refractivity contribution in [3.8, 4) is 0 Å². The Morgan fingerprint density at radius 3 is 2.95 bits per heavy atom. The molecular weight excluding hydrogens is 296 g/mol. The monoisotopic (exact) mass is 314 g/mol. The first-order valence-electron chi connectivity index (χ1n) is 7.69. The highest BCUT2D eigenvalue weighted by Gasteiger charge is 2.29. The predicted octanol–water partition coefficient (Wildman–Crippen LogP) is 4.03. The molecule has 3 nitrogen and oxygen atoms in total. The van der Waals surface area contributed by atoms with Crippen LogP contribution in [0.25, 0.3) is 0 Å². The number of carbonyl (C=O) groups is 1. The number of carbonyl (C=O) groups excluding carboxylic acids is 1. The van der Waals surface area contributed by atoms with Crippen molar-refractivity contribution in [1.82, 2.24) is 9.88 Å². The van der Waals surface area contributed by atoms with Gasteiger partial charge >= 0.3 is 0 Å². The molecule has 2 heterocycles. The molecule has 1 aliphatic rings. The molecule has 1 aromatic heterocycles. The minimum atomic E-state index is 0.162. The summed E-state index contributed by atoms with van der Waals surface area (Å²) in [6.45, 7) is 0.832. The number of hydrogen-bond acceptors (Lipinski definition) is 2. The molecular formula is C18H19ClN2O. The highest BCUT2D eigenvalue weighted by atomic mass is 35.5. The highest BCUT2D eigenvalue weighted by molar-refractivity contribution is 6.30. The summed E-state index contributed by atoms with van der Waals surface area (Å²) in [6.07, 6.45) is 5.03. The summed E-state index contributed by atoms with van der Waals surface area (Å²) in [7, 11) is 0. The fourth-order valence-corrected chi connectivity index (χ4v) is 3.25. The van der Waals surface area contributed by atoms with Crippen molar-refractivity contribution in [3.63, 3.8) is 0 Å². The Bertz CT molecular complexity index is 645. The van der Waals surface area contributed by atoms with Crippen LogP contribution in [-0.2, 0) is 11.2 Å². The highest BCUT2D eigenvalue weighted by Crippen LogP contribution is 2.33. The molecule has 1 atom stereocenters. The number of hydrogen-bond donors (Lipinski definition) is 0. The number of aryl methyl sites for hydroxylation is 1. The molecule has 22 heavy (non-hydrogen) atoms. The van der Waals surface area contributed by atoms with Crippen LogP contribution in [0.4, 0.5) is 0 Å². The van der Waals surface area contributed by atoms with Crippen LogP contribution in [0, 0.1) is 0 Å². The van der Waals surface area contributed by atoms with Crippen LogP contribution in [0.1, 0.15) is 36.6 Å². The number of likely N-dealkylation sites (tertiary alicyclic amines) is 1. The van der Waals surface area contributed by atoms with Crippen LogP contribution in [0.2, 0.25) is 5.02 Å². The van der Waals surface area contributed by atoms with Gasteiger partial charge in [-0.3, -0.25) is 9.78 Å². The Balaban J connectivity index is 1.66. The second-order valence-corrected chi connectivity index (χ2v) is 6.06. The van der Waals surface area contributed by atoms with Gasteiger partial charge in [0.25, 0.3) is 0 Å². The molecule has 1 amide bonds. The third-order valence-electron chi connectivity index (χ3n) is 4.13. The van der Waals surface area contributed by atoms with Crippen molar-refractivity contribution >= 4 is 17.5 Å². The summed E-state index contributed by atoms with van der Waals surface area (Å²) in [5.41, 5.74) is 2.10. The van der Waals surface area contributed by atoms with E-state index in [9.17, 15) is 4.79 Å². The summed E-state index contributed by atoms with van der Waals surface area (Å²) in [6, 6.07) is 13.8. The molecule has 0 N–H and O–H groups in total. The van der Waals surface area contributed by atoms with Gasteiger partial charge in [0.15, 0.2) is 0 Å². The van der Waals surface area contributed by atoms with Crippen molar-refractivity contribution in [2.75, 3.05) is 6.54 Å². The Hall–Kier alpha value is -1.87. The average molecular weight is 315 g/mol. The molecule has 0 aliphatic carbocycles. The van der Waals surface area contributed by atoms with Crippen LogP contribution >= 0.6 is 11.6 Å². The van der Waals surface area contributed by atoms with Crippen LogP contribution in [0.5, 0.6) is 0 Å². The second kappa shape index (κ2) is 6.93. The first-order valence-corrected chi connectivity index (χ1v) is 8.06. The zero-order chi connectivity index (χ0) is 15.4. The van der Waals surface area contributed by atoms with E-state index in [0.29, 0.717) is 12.8 Å². The van der Waals surface area contributed by atoms with E-state index in [1.807, 2.05) is 41.3 Å². The molecule has 0 spiro atoms. The van der Waals surface area contributed by atoms with E-state index in [4.69, 9.17) is 11.6 Å². The zero-order valence-electron chi connectivity index (χ0n) is 12.4. The van der Waals surface area contributed by atoms with Gasteiger partial charge in [-0.05, 0) is 49.1 Å². The smallest absolute Gasteiger partial charge is 0.223 e. The molecule has 0 bridgehead atoms. The maximum atomic E-state index is 12.6. The Labute approximate surface area is 135 Å². The van der Waals surface area contributed by atoms with E-state index >= 15 is 0 Å². The van der Waals surface area contributed by atoms with Gasteiger partial charge in [0.05, 0.1) is 6.04 Å². The molecule has 4 heteroatoms. The first kappa shape index (κ1) is 15.0. The average Bonchev–Trinajstić information content (AvgIpc) is 3.03. The number of benzene rings is 1. The minimum absolute atomic E-state index is 0.162. The minimum Gasteiger partial charge on any atom is -0.336 e. The number of amides is 1. The topological polar surface area (TPSA) is 33.2 Å². The summed E-state index contributed by atoms with van der Waals surface area (Å²) in [5.74, 6) is 0.202. The predicted molar refractivity (Wildman–Crippen MR) is 87.7 cm³/mol. The first-order chi connectivity index (χ1) is 10.7. The lowest BCUT2D eigenvalue weighted by molar-refractivity contribution is -0.132. The number of rotatable bonds is 4. The molecule has 1 saturated heterocycles. The van der Waals surface area contributed by atoms with Crippen molar-refractivity contribution in [2.45, 2.75) is 31.7 Å². The van der Waals surface area contributed by atoms with Gasteiger partial charge < -0.3 is 4.90 Å². The fourth-order valence-electron chi connectivity index (χ4n) is 3.05. The Kier molecular flexibility index (Phi) is 4.74. The van der Waals surface area contributed by atoms with Crippen molar-refractivity contribution < 1.29 is 4.79 Å². The fraction of sp³-hybridized carbons (Fsp3) is 0.333. The zero-order valence-corrected chi connectivity index (χ0v) is 13.2. The second-order valence-electron chi connectivity index (χ2n) is 5.62. The number of halogens is 1. The quantitative estimate of drug-likeness (QED) is 0.853. The lowest BCUT2D eigenvalue weighted by Crippen LogP contribution is -2.30. The Morgan fingerprint density at radius 1 is 1.27 bits per heavy atom. The number of pyridine rings is 1. The number of aromatic nitrogens is 1.